The van der Waals surface area contributed by atoms with Crippen LogP contribution in [0.4, 0.5) is 0 Å². The molecule has 0 amide bonds. The fraction of sp³-hybridized carbons (Fsp3) is 1.00. The summed E-state index contributed by atoms with van der Waals surface area (Å²) in [6, 6.07) is 0. The van der Waals surface area contributed by atoms with E-state index in [1.165, 1.54) is 19.3 Å². The summed E-state index contributed by atoms with van der Waals surface area (Å²) >= 11 is 3.54. The molecule has 2 atom stereocenters. The summed E-state index contributed by atoms with van der Waals surface area (Å²) in [5, 5.41) is 0.984. The van der Waals surface area contributed by atoms with E-state index in [9.17, 15) is 8.42 Å². The molecule has 14 heavy (non-hydrogen) atoms. The Kier molecular flexibility index (Phi) is 3.22. The molecule has 0 aromatic carbocycles. The Bertz CT molecular complexity index is 295. The van der Waals surface area contributed by atoms with Gasteiger partial charge in [-0.05, 0) is 24.2 Å². The second-order valence-electron chi connectivity index (χ2n) is 4.67. The van der Waals surface area contributed by atoms with Crippen LogP contribution < -0.4 is 0 Å². The summed E-state index contributed by atoms with van der Waals surface area (Å²) in [4.78, 5) is 0. The van der Waals surface area contributed by atoms with E-state index < -0.39 is 9.84 Å². The van der Waals surface area contributed by atoms with Crippen LogP contribution in [-0.4, -0.2) is 25.3 Å². The normalized spacial score (nSPS) is 33.9. The van der Waals surface area contributed by atoms with Crippen LogP contribution in [0.15, 0.2) is 0 Å². The lowest BCUT2D eigenvalue weighted by Crippen LogP contribution is -2.30. The molecule has 2 rings (SSSR count). The highest BCUT2D eigenvalue weighted by atomic mass is 79.9. The Morgan fingerprint density at radius 2 is 1.93 bits per heavy atom. The predicted molar refractivity (Wildman–Crippen MR) is 61.4 cm³/mol. The number of rotatable bonds is 3. The molecule has 0 radical (unpaired) electrons. The van der Waals surface area contributed by atoms with Gasteiger partial charge in [0.1, 0.15) is 0 Å². The predicted octanol–water partition coefficient (Wildman–Crippen LogP) is 2.23. The average Bonchev–Trinajstić information content (AvgIpc) is 2.37. The highest BCUT2D eigenvalue weighted by molar-refractivity contribution is 9.09. The molecule has 0 aromatic heterocycles. The van der Waals surface area contributed by atoms with Crippen LogP contribution in [0.5, 0.6) is 0 Å². The largest absolute Gasteiger partial charge is 0.229 e. The minimum atomic E-state index is -2.69. The van der Waals surface area contributed by atoms with Crippen molar-refractivity contribution in [2.45, 2.75) is 25.7 Å². The third kappa shape index (κ3) is 2.16. The fourth-order valence-electron chi connectivity index (χ4n) is 2.67. The van der Waals surface area contributed by atoms with Crippen molar-refractivity contribution in [1.82, 2.24) is 0 Å². The van der Waals surface area contributed by atoms with Gasteiger partial charge in [0.25, 0.3) is 0 Å². The maximum Gasteiger partial charge on any atom is 0.150 e. The smallest absolute Gasteiger partial charge is 0.150 e. The Labute approximate surface area is 94.5 Å². The first kappa shape index (κ1) is 10.9. The Hall–Kier alpha value is 0.430. The zero-order valence-electron chi connectivity index (χ0n) is 8.28. The van der Waals surface area contributed by atoms with E-state index >= 15 is 0 Å². The van der Waals surface area contributed by atoms with E-state index in [1.54, 1.807) is 0 Å². The summed E-state index contributed by atoms with van der Waals surface area (Å²) in [5.41, 5.74) is 0. The van der Waals surface area contributed by atoms with E-state index in [-0.39, 0.29) is 0 Å². The Balaban J connectivity index is 1.99. The van der Waals surface area contributed by atoms with Crippen LogP contribution in [-0.2, 0) is 9.84 Å². The minimum Gasteiger partial charge on any atom is -0.229 e. The maximum atomic E-state index is 11.4. The monoisotopic (exact) mass is 280 g/mol. The molecule has 0 bridgehead atoms. The molecular weight excluding hydrogens is 264 g/mol. The maximum absolute atomic E-state index is 11.4. The van der Waals surface area contributed by atoms with Gasteiger partial charge in [-0.3, -0.25) is 0 Å². The lowest BCUT2D eigenvalue weighted by atomic mass is 9.71. The average molecular weight is 281 g/mol. The van der Waals surface area contributed by atoms with E-state index in [2.05, 4.69) is 15.9 Å². The van der Waals surface area contributed by atoms with Gasteiger partial charge in [0.2, 0.25) is 0 Å². The number of alkyl halides is 1. The van der Waals surface area contributed by atoms with Gasteiger partial charge in [0.15, 0.2) is 9.84 Å². The molecule has 4 heteroatoms. The SMILES string of the molecule is O=S1(=O)CCC(C(CBr)C2CCC2)C1. The first-order chi connectivity index (χ1) is 6.62. The van der Waals surface area contributed by atoms with E-state index in [1.807, 2.05) is 0 Å². The summed E-state index contributed by atoms with van der Waals surface area (Å²) < 4.78 is 22.7. The molecule has 0 aromatic rings. The van der Waals surface area contributed by atoms with Gasteiger partial charge in [0.05, 0.1) is 11.5 Å². The summed E-state index contributed by atoms with van der Waals surface area (Å²) in [7, 11) is -2.69. The van der Waals surface area contributed by atoms with Crippen molar-refractivity contribution < 1.29 is 8.42 Å². The quantitative estimate of drug-likeness (QED) is 0.743. The standard InChI is InChI=1S/C10H17BrO2S/c11-6-10(8-2-1-3-8)9-4-5-14(12,13)7-9/h8-10H,1-7H2. The van der Waals surface area contributed by atoms with Gasteiger partial charge < -0.3 is 0 Å². The highest BCUT2D eigenvalue weighted by Gasteiger charge is 2.38. The highest BCUT2D eigenvalue weighted by Crippen LogP contribution is 2.41. The van der Waals surface area contributed by atoms with Gasteiger partial charge in [-0.25, -0.2) is 8.42 Å². The number of sulfone groups is 1. The zero-order valence-corrected chi connectivity index (χ0v) is 10.7. The molecule has 1 saturated carbocycles. The van der Waals surface area contributed by atoms with Gasteiger partial charge in [-0.1, -0.05) is 35.2 Å². The first-order valence-corrected chi connectivity index (χ1v) is 8.33. The molecule has 1 saturated heterocycles. The van der Waals surface area contributed by atoms with Crippen LogP contribution >= 0.6 is 15.9 Å². The molecule has 1 heterocycles. The number of hydrogen-bond donors (Lipinski definition) is 0. The van der Waals surface area contributed by atoms with Gasteiger partial charge in [-0.15, -0.1) is 0 Å². The Morgan fingerprint density at radius 1 is 1.21 bits per heavy atom. The lowest BCUT2D eigenvalue weighted by Gasteiger charge is -2.36. The van der Waals surface area contributed by atoms with Crippen LogP contribution in [0.25, 0.3) is 0 Å². The summed E-state index contributed by atoms with van der Waals surface area (Å²) in [6.07, 6.45) is 4.86. The molecule has 0 spiro atoms. The molecule has 1 aliphatic heterocycles. The fourth-order valence-corrected chi connectivity index (χ4v) is 5.62. The summed E-state index contributed by atoms with van der Waals surface area (Å²) in [5.74, 6) is 2.71. The number of hydrogen-bond acceptors (Lipinski definition) is 2. The molecule has 2 fully saturated rings. The van der Waals surface area contributed by atoms with Crippen molar-refractivity contribution in [1.29, 1.82) is 0 Å². The van der Waals surface area contributed by atoms with E-state index in [4.69, 9.17) is 0 Å². The lowest BCUT2D eigenvalue weighted by molar-refractivity contribution is 0.175. The molecular formula is C10H17BrO2S. The third-order valence-corrected chi connectivity index (χ3v) is 6.35. The Morgan fingerprint density at radius 3 is 2.29 bits per heavy atom. The first-order valence-electron chi connectivity index (χ1n) is 5.39. The van der Waals surface area contributed by atoms with Crippen LogP contribution in [0.1, 0.15) is 25.7 Å². The van der Waals surface area contributed by atoms with Crippen LogP contribution in [0.3, 0.4) is 0 Å². The topological polar surface area (TPSA) is 34.1 Å². The van der Waals surface area contributed by atoms with Crippen molar-refractivity contribution in [3.8, 4) is 0 Å². The van der Waals surface area contributed by atoms with E-state index in [0.29, 0.717) is 23.3 Å². The molecule has 2 nitrogen and oxygen atoms in total. The van der Waals surface area contributed by atoms with Crippen LogP contribution in [0, 0.1) is 17.8 Å². The second-order valence-corrected chi connectivity index (χ2v) is 7.55. The molecule has 2 unspecified atom stereocenters. The van der Waals surface area contributed by atoms with Crippen molar-refractivity contribution in [3.05, 3.63) is 0 Å². The van der Waals surface area contributed by atoms with E-state index in [0.717, 1.165) is 17.7 Å². The molecule has 2 aliphatic rings. The van der Waals surface area contributed by atoms with Gasteiger partial charge in [-0.2, -0.15) is 0 Å². The second kappa shape index (κ2) is 4.12. The van der Waals surface area contributed by atoms with Crippen molar-refractivity contribution in [2.24, 2.45) is 17.8 Å². The minimum absolute atomic E-state index is 0.424. The van der Waals surface area contributed by atoms with Gasteiger partial charge in [0, 0.05) is 5.33 Å². The molecule has 0 N–H and O–H groups in total. The zero-order chi connectivity index (χ0) is 10.2. The number of halogens is 1. The summed E-state index contributed by atoms with van der Waals surface area (Å²) in [6.45, 7) is 0. The van der Waals surface area contributed by atoms with Crippen molar-refractivity contribution in [3.63, 3.8) is 0 Å². The molecule has 82 valence electrons. The molecule has 1 aliphatic carbocycles. The third-order valence-electron chi connectivity index (χ3n) is 3.81. The van der Waals surface area contributed by atoms with Crippen molar-refractivity contribution in [2.75, 3.05) is 16.8 Å². The van der Waals surface area contributed by atoms with Gasteiger partial charge >= 0.3 is 0 Å². The van der Waals surface area contributed by atoms with Crippen molar-refractivity contribution >= 4 is 25.8 Å². The van der Waals surface area contributed by atoms with Crippen LogP contribution in [0.2, 0.25) is 0 Å².